The smallest absolute Gasteiger partial charge is 0.196 e. The van der Waals surface area contributed by atoms with Gasteiger partial charge in [-0.1, -0.05) is 0 Å². The van der Waals surface area contributed by atoms with Crippen molar-refractivity contribution in [3.8, 4) is 0 Å². The van der Waals surface area contributed by atoms with Gasteiger partial charge in [-0.05, 0) is 21.2 Å². The SMILES string of the molecule is n1nnc2c(n1)NSS2. The van der Waals surface area contributed by atoms with E-state index in [-0.39, 0.29) is 0 Å². The summed E-state index contributed by atoms with van der Waals surface area (Å²) >= 11 is 0. The molecule has 0 amide bonds. The van der Waals surface area contributed by atoms with Crippen molar-refractivity contribution in [2.24, 2.45) is 0 Å². The van der Waals surface area contributed by atoms with Gasteiger partial charge >= 0.3 is 0 Å². The normalized spacial score (nSPS) is 14.7. The molecule has 7 heteroatoms. The molecular weight excluding hydrogens is 158 g/mol. The Bertz CT molecular complexity index is 203. The van der Waals surface area contributed by atoms with Crippen molar-refractivity contribution in [1.82, 2.24) is 20.6 Å². The van der Waals surface area contributed by atoms with E-state index in [1.807, 2.05) is 0 Å². The lowest BCUT2D eigenvalue weighted by atomic mass is 10.8. The lowest BCUT2D eigenvalue weighted by molar-refractivity contribution is 0.725. The van der Waals surface area contributed by atoms with Crippen LogP contribution in [0.2, 0.25) is 0 Å². The zero-order valence-corrected chi connectivity index (χ0v) is 5.74. The van der Waals surface area contributed by atoms with Gasteiger partial charge in [-0.3, -0.25) is 0 Å². The molecule has 0 aliphatic carbocycles. The van der Waals surface area contributed by atoms with E-state index < -0.39 is 0 Å². The molecule has 0 fully saturated rings. The molecule has 1 aromatic heterocycles. The van der Waals surface area contributed by atoms with E-state index in [2.05, 4.69) is 25.3 Å². The summed E-state index contributed by atoms with van der Waals surface area (Å²) in [6.07, 6.45) is 0. The summed E-state index contributed by atoms with van der Waals surface area (Å²) in [5.74, 6) is 0.708. The molecule has 0 atom stereocenters. The lowest BCUT2D eigenvalue weighted by Crippen LogP contribution is -1.94. The summed E-state index contributed by atoms with van der Waals surface area (Å²) in [6.45, 7) is 0. The van der Waals surface area contributed by atoms with Crippen molar-refractivity contribution in [3.63, 3.8) is 0 Å². The molecule has 1 aliphatic rings. The molecule has 46 valence electrons. The number of fused-ring (bicyclic) bond motifs is 1. The molecular formula is C2HN5S2. The highest BCUT2D eigenvalue weighted by atomic mass is 33.1. The van der Waals surface area contributed by atoms with E-state index in [0.717, 1.165) is 5.03 Å². The Hall–Kier alpha value is -0.560. The zero-order valence-electron chi connectivity index (χ0n) is 4.11. The average Bonchev–Trinajstić information content (AvgIpc) is 2.33. The van der Waals surface area contributed by atoms with E-state index in [4.69, 9.17) is 0 Å². The van der Waals surface area contributed by atoms with Crippen molar-refractivity contribution in [1.29, 1.82) is 0 Å². The number of rotatable bonds is 0. The zero-order chi connectivity index (χ0) is 6.10. The largest absolute Gasteiger partial charge is 0.301 e. The Kier molecular flexibility index (Phi) is 1.16. The topological polar surface area (TPSA) is 63.6 Å². The molecule has 0 aromatic carbocycles. The summed E-state index contributed by atoms with van der Waals surface area (Å²) in [5.41, 5.74) is 0. The van der Waals surface area contributed by atoms with Crippen molar-refractivity contribution < 1.29 is 0 Å². The van der Waals surface area contributed by atoms with Crippen molar-refractivity contribution >= 4 is 27.6 Å². The first-order valence-electron chi connectivity index (χ1n) is 2.12. The third-order valence-electron chi connectivity index (χ3n) is 0.782. The molecule has 2 rings (SSSR count). The van der Waals surface area contributed by atoms with Crippen LogP contribution in [0.15, 0.2) is 5.03 Å². The maximum absolute atomic E-state index is 3.72. The number of hydrogen-bond acceptors (Lipinski definition) is 7. The molecule has 5 nitrogen and oxygen atoms in total. The molecule has 0 saturated carbocycles. The van der Waals surface area contributed by atoms with Gasteiger partial charge in [-0.25, -0.2) is 0 Å². The first-order valence-corrected chi connectivity index (χ1v) is 4.27. The van der Waals surface area contributed by atoms with E-state index >= 15 is 0 Å². The fraction of sp³-hybridized carbons (Fsp3) is 0. The van der Waals surface area contributed by atoms with Crippen molar-refractivity contribution in [2.45, 2.75) is 5.03 Å². The van der Waals surface area contributed by atoms with Crippen LogP contribution in [0.25, 0.3) is 0 Å². The van der Waals surface area contributed by atoms with Crippen LogP contribution in [0.1, 0.15) is 0 Å². The van der Waals surface area contributed by atoms with Crippen LogP contribution in [-0.2, 0) is 0 Å². The van der Waals surface area contributed by atoms with Gasteiger partial charge in [0.15, 0.2) is 10.8 Å². The van der Waals surface area contributed by atoms with Gasteiger partial charge < -0.3 is 4.72 Å². The highest BCUT2D eigenvalue weighted by Crippen LogP contribution is 2.40. The fourth-order valence-corrected chi connectivity index (χ4v) is 2.01. The Morgan fingerprint density at radius 2 is 2.11 bits per heavy atom. The predicted molar refractivity (Wildman–Crippen MR) is 34.7 cm³/mol. The number of aromatic nitrogens is 4. The molecule has 1 aliphatic heterocycles. The molecule has 0 spiro atoms. The second-order valence-corrected chi connectivity index (χ2v) is 3.23. The van der Waals surface area contributed by atoms with Gasteiger partial charge in [-0.2, -0.15) is 0 Å². The molecule has 9 heavy (non-hydrogen) atoms. The van der Waals surface area contributed by atoms with Crippen LogP contribution in [0.5, 0.6) is 0 Å². The van der Waals surface area contributed by atoms with Crippen LogP contribution < -0.4 is 4.72 Å². The monoisotopic (exact) mass is 159 g/mol. The third kappa shape index (κ3) is 0.815. The fourth-order valence-electron chi connectivity index (χ4n) is 0.435. The minimum absolute atomic E-state index is 0.708. The van der Waals surface area contributed by atoms with Crippen LogP contribution in [0, 0.1) is 0 Å². The van der Waals surface area contributed by atoms with Gasteiger partial charge in [0.2, 0.25) is 0 Å². The molecule has 0 unspecified atom stereocenters. The number of hydrogen-bond donors (Lipinski definition) is 1. The molecule has 1 aromatic rings. The standard InChI is InChI=1S/C2HN5S2/c3-1-2(4-7-6-3)8-9-5-1/h(H,3,5,7). The van der Waals surface area contributed by atoms with Crippen LogP contribution in [-0.4, -0.2) is 20.6 Å². The third-order valence-corrected chi connectivity index (χ3v) is 2.55. The van der Waals surface area contributed by atoms with Crippen LogP contribution in [0.3, 0.4) is 0 Å². The summed E-state index contributed by atoms with van der Waals surface area (Å²) in [5, 5.41) is 14.9. The van der Waals surface area contributed by atoms with E-state index in [0.29, 0.717) is 5.82 Å². The summed E-state index contributed by atoms with van der Waals surface area (Å²) < 4.78 is 2.90. The molecule has 0 bridgehead atoms. The number of nitrogens with zero attached hydrogens (tertiary/aromatic N) is 4. The summed E-state index contributed by atoms with van der Waals surface area (Å²) in [7, 11) is 2.96. The van der Waals surface area contributed by atoms with Gasteiger partial charge in [0.05, 0.1) is 0 Å². The minimum Gasteiger partial charge on any atom is -0.301 e. The van der Waals surface area contributed by atoms with Crippen LogP contribution in [0.4, 0.5) is 5.82 Å². The maximum atomic E-state index is 3.72. The first-order chi connectivity index (χ1) is 4.47. The van der Waals surface area contributed by atoms with Gasteiger partial charge in [0, 0.05) is 11.0 Å². The Labute approximate surface area is 58.5 Å². The maximum Gasteiger partial charge on any atom is 0.196 e. The van der Waals surface area contributed by atoms with Gasteiger partial charge in [0.1, 0.15) is 0 Å². The molecule has 2 heterocycles. The Balaban J connectivity index is 2.54. The quantitative estimate of drug-likeness (QED) is 0.432. The highest BCUT2D eigenvalue weighted by Gasteiger charge is 2.14. The first kappa shape index (κ1) is 5.24. The van der Waals surface area contributed by atoms with E-state index in [9.17, 15) is 0 Å². The second kappa shape index (κ2) is 1.99. The van der Waals surface area contributed by atoms with Gasteiger partial charge in [0.25, 0.3) is 0 Å². The Morgan fingerprint density at radius 3 is 3.00 bits per heavy atom. The average molecular weight is 159 g/mol. The van der Waals surface area contributed by atoms with Crippen LogP contribution >= 0.6 is 21.8 Å². The molecule has 0 radical (unpaired) electrons. The number of nitrogens with one attached hydrogen (secondary N) is 1. The number of anilines is 1. The van der Waals surface area contributed by atoms with Gasteiger partial charge in [-0.15, -0.1) is 10.2 Å². The molecule has 1 N–H and O–H groups in total. The summed E-state index contributed by atoms with van der Waals surface area (Å²) in [6, 6.07) is 0. The molecule has 0 saturated heterocycles. The second-order valence-electron chi connectivity index (χ2n) is 1.30. The summed E-state index contributed by atoms with van der Waals surface area (Å²) in [4.78, 5) is 0. The minimum atomic E-state index is 0.708. The Morgan fingerprint density at radius 1 is 1.22 bits per heavy atom. The predicted octanol–water partition coefficient (Wildman–Crippen LogP) is 0.347. The highest BCUT2D eigenvalue weighted by molar-refractivity contribution is 8.77. The van der Waals surface area contributed by atoms with Crippen molar-refractivity contribution in [2.75, 3.05) is 4.72 Å². The van der Waals surface area contributed by atoms with E-state index in [1.165, 1.54) is 21.8 Å². The van der Waals surface area contributed by atoms with E-state index in [1.54, 1.807) is 0 Å². The lowest BCUT2D eigenvalue weighted by Gasteiger charge is -1.86. The van der Waals surface area contributed by atoms with Crippen molar-refractivity contribution in [3.05, 3.63) is 0 Å².